The zero-order valence-electron chi connectivity index (χ0n) is 9.08. The first-order valence-electron chi connectivity index (χ1n) is 5.45. The summed E-state index contributed by atoms with van der Waals surface area (Å²) < 4.78 is 0. The van der Waals surface area contributed by atoms with Gasteiger partial charge < -0.3 is 4.90 Å². The summed E-state index contributed by atoms with van der Waals surface area (Å²) in [6.45, 7) is 6.61. The van der Waals surface area contributed by atoms with Crippen LogP contribution in [0.3, 0.4) is 0 Å². The number of rotatable bonds is 1. The molecule has 0 aliphatic carbocycles. The van der Waals surface area contributed by atoms with Gasteiger partial charge in [0.2, 0.25) is 0 Å². The second-order valence-corrected chi connectivity index (χ2v) is 4.20. The van der Waals surface area contributed by atoms with Crippen LogP contribution in [0, 0.1) is 13.8 Å². The van der Waals surface area contributed by atoms with Crippen molar-refractivity contribution >= 4 is 5.82 Å². The Morgan fingerprint density at radius 3 is 2.50 bits per heavy atom. The van der Waals surface area contributed by atoms with E-state index in [0.717, 1.165) is 0 Å². The van der Waals surface area contributed by atoms with Gasteiger partial charge in [-0.15, -0.1) is 0 Å². The normalized spacial score (nSPS) is 17.1. The largest absolute Gasteiger partial charge is 0.356 e. The van der Waals surface area contributed by atoms with Gasteiger partial charge in [0.05, 0.1) is 0 Å². The summed E-state index contributed by atoms with van der Waals surface area (Å²) >= 11 is 0. The minimum atomic E-state index is 1.18. The Morgan fingerprint density at radius 1 is 1.14 bits per heavy atom. The first kappa shape index (κ1) is 9.50. The fourth-order valence-corrected chi connectivity index (χ4v) is 2.14. The van der Waals surface area contributed by atoms with Crippen molar-refractivity contribution in [1.82, 2.24) is 4.98 Å². The summed E-state index contributed by atoms with van der Waals surface area (Å²) in [5, 5.41) is 0. The Labute approximate surface area is 86.0 Å². The van der Waals surface area contributed by atoms with Gasteiger partial charge >= 0.3 is 0 Å². The van der Waals surface area contributed by atoms with Gasteiger partial charge in [-0.05, 0) is 44.2 Å². The highest BCUT2D eigenvalue weighted by Crippen LogP contribution is 2.21. The molecule has 76 valence electrons. The van der Waals surface area contributed by atoms with E-state index in [9.17, 15) is 0 Å². The number of nitrogens with zero attached hydrogens (tertiary/aromatic N) is 2. The fraction of sp³-hybridized carbons (Fsp3) is 0.583. The van der Waals surface area contributed by atoms with Crippen molar-refractivity contribution < 1.29 is 0 Å². The number of piperidine rings is 1. The van der Waals surface area contributed by atoms with Gasteiger partial charge in [0, 0.05) is 19.3 Å². The molecule has 0 unspecified atom stereocenters. The molecule has 0 radical (unpaired) electrons. The minimum absolute atomic E-state index is 1.18. The Morgan fingerprint density at radius 2 is 1.86 bits per heavy atom. The van der Waals surface area contributed by atoms with E-state index in [1.807, 2.05) is 6.20 Å². The first-order valence-corrected chi connectivity index (χ1v) is 5.45. The summed E-state index contributed by atoms with van der Waals surface area (Å²) in [6, 6.07) is 2.22. The Kier molecular flexibility index (Phi) is 2.71. The van der Waals surface area contributed by atoms with E-state index < -0.39 is 0 Å². The lowest BCUT2D eigenvalue weighted by Gasteiger charge is -2.28. The fourth-order valence-electron chi connectivity index (χ4n) is 2.14. The number of hydrogen-bond acceptors (Lipinski definition) is 2. The molecule has 0 atom stereocenters. The quantitative estimate of drug-likeness (QED) is 0.677. The lowest BCUT2D eigenvalue weighted by atomic mass is 10.1. The van der Waals surface area contributed by atoms with Crippen LogP contribution in [0.1, 0.15) is 30.4 Å². The van der Waals surface area contributed by atoms with Gasteiger partial charge in [0.15, 0.2) is 0 Å². The third-order valence-electron chi connectivity index (χ3n) is 2.84. The van der Waals surface area contributed by atoms with Crippen LogP contribution in [0.25, 0.3) is 0 Å². The van der Waals surface area contributed by atoms with Crippen molar-refractivity contribution in [3.63, 3.8) is 0 Å². The highest BCUT2D eigenvalue weighted by molar-refractivity contribution is 5.47. The highest BCUT2D eigenvalue weighted by atomic mass is 15.2. The average molecular weight is 190 g/mol. The van der Waals surface area contributed by atoms with Crippen molar-refractivity contribution in [3.8, 4) is 0 Å². The number of hydrogen-bond donors (Lipinski definition) is 0. The smallest absolute Gasteiger partial charge is 0.131 e. The molecule has 1 fully saturated rings. The molecule has 1 saturated heterocycles. The molecular weight excluding hydrogens is 172 g/mol. The molecule has 0 spiro atoms. The van der Waals surface area contributed by atoms with Crippen LogP contribution >= 0.6 is 0 Å². The molecule has 14 heavy (non-hydrogen) atoms. The summed E-state index contributed by atoms with van der Waals surface area (Å²) in [7, 11) is 0. The van der Waals surface area contributed by atoms with Crippen molar-refractivity contribution in [1.29, 1.82) is 0 Å². The van der Waals surface area contributed by atoms with E-state index in [1.54, 1.807) is 0 Å². The number of pyridine rings is 1. The third-order valence-corrected chi connectivity index (χ3v) is 2.84. The van der Waals surface area contributed by atoms with Crippen LogP contribution in [-0.4, -0.2) is 18.1 Å². The van der Waals surface area contributed by atoms with Crippen LogP contribution < -0.4 is 4.90 Å². The second kappa shape index (κ2) is 3.99. The van der Waals surface area contributed by atoms with E-state index in [0.29, 0.717) is 0 Å². The van der Waals surface area contributed by atoms with Gasteiger partial charge in [0.25, 0.3) is 0 Å². The van der Waals surface area contributed by atoms with Crippen LogP contribution in [0.5, 0.6) is 0 Å². The zero-order valence-corrected chi connectivity index (χ0v) is 9.08. The summed E-state index contributed by atoms with van der Waals surface area (Å²) in [5.74, 6) is 1.19. The molecule has 2 nitrogen and oxygen atoms in total. The second-order valence-electron chi connectivity index (χ2n) is 4.20. The van der Waals surface area contributed by atoms with Crippen LogP contribution in [0.4, 0.5) is 5.82 Å². The van der Waals surface area contributed by atoms with Crippen LogP contribution in [-0.2, 0) is 0 Å². The average Bonchev–Trinajstić information content (AvgIpc) is 2.19. The van der Waals surface area contributed by atoms with Crippen LogP contribution in [0.15, 0.2) is 12.3 Å². The number of aryl methyl sites for hydroxylation is 2. The number of anilines is 1. The topological polar surface area (TPSA) is 16.1 Å². The van der Waals surface area contributed by atoms with E-state index in [-0.39, 0.29) is 0 Å². The van der Waals surface area contributed by atoms with Gasteiger partial charge in [-0.25, -0.2) is 4.98 Å². The number of aromatic nitrogens is 1. The van der Waals surface area contributed by atoms with Gasteiger partial charge in [0.1, 0.15) is 5.82 Å². The molecule has 2 heterocycles. The van der Waals surface area contributed by atoms with Gasteiger partial charge in [-0.3, -0.25) is 0 Å². The molecule has 1 aromatic heterocycles. The molecule has 0 aromatic carbocycles. The molecule has 1 aromatic rings. The van der Waals surface area contributed by atoms with E-state index >= 15 is 0 Å². The lowest BCUT2D eigenvalue weighted by Crippen LogP contribution is -2.30. The third kappa shape index (κ3) is 1.89. The van der Waals surface area contributed by atoms with Gasteiger partial charge in [-0.2, -0.15) is 0 Å². The molecule has 1 aliphatic rings. The molecule has 0 saturated carbocycles. The predicted molar refractivity (Wildman–Crippen MR) is 59.8 cm³/mol. The Hall–Kier alpha value is -1.05. The van der Waals surface area contributed by atoms with Crippen molar-refractivity contribution in [2.24, 2.45) is 0 Å². The highest BCUT2D eigenvalue weighted by Gasteiger charge is 2.13. The Bertz CT molecular complexity index is 314. The monoisotopic (exact) mass is 190 g/mol. The zero-order chi connectivity index (χ0) is 9.97. The predicted octanol–water partition coefficient (Wildman–Crippen LogP) is 2.69. The summed E-state index contributed by atoms with van der Waals surface area (Å²) in [4.78, 5) is 6.94. The molecular formula is C12H18N2. The van der Waals surface area contributed by atoms with E-state index in [4.69, 9.17) is 0 Å². The van der Waals surface area contributed by atoms with Gasteiger partial charge in [-0.1, -0.05) is 6.07 Å². The SMILES string of the molecule is Cc1cnc(N2CCCCC2)c(C)c1. The van der Waals surface area contributed by atoms with Crippen molar-refractivity contribution in [2.75, 3.05) is 18.0 Å². The van der Waals surface area contributed by atoms with E-state index in [1.165, 1.54) is 49.3 Å². The molecule has 0 amide bonds. The molecule has 2 rings (SSSR count). The van der Waals surface area contributed by atoms with E-state index in [2.05, 4.69) is 29.8 Å². The maximum absolute atomic E-state index is 4.53. The molecule has 2 heteroatoms. The minimum Gasteiger partial charge on any atom is -0.356 e. The lowest BCUT2D eigenvalue weighted by molar-refractivity contribution is 0.572. The standard InChI is InChI=1S/C12H18N2/c1-10-8-11(2)12(13-9-10)14-6-4-3-5-7-14/h8-9H,3-7H2,1-2H3. The molecule has 0 bridgehead atoms. The summed E-state index contributed by atoms with van der Waals surface area (Å²) in [6.07, 6.45) is 5.97. The first-order chi connectivity index (χ1) is 6.77. The summed E-state index contributed by atoms with van der Waals surface area (Å²) in [5.41, 5.74) is 2.56. The van der Waals surface area contributed by atoms with Crippen molar-refractivity contribution in [3.05, 3.63) is 23.4 Å². The Balaban J connectivity index is 2.22. The van der Waals surface area contributed by atoms with Crippen molar-refractivity contribution in [2.45, 2.75) is 33.1 Å². The molecule has 0 N–H and O–H groups in total. The maximum Gasteiger partial charge on any atom is 0.131 e. The van der Waals surface area contributed by atoms with Crippen LogP contribution in [0.2, 0.25) is 0 Å². The molecule has 1 aliphatic heterocycles. The maximum atomic E-state index is 4.53.